The molecule has 0 spiro atoms. The average molecular weight is 291 g/mol. The van der Waals surface area contributed by atoms with Gasteiger partial charge in [0.1, 0.15) is 5.69 Å². The van der Waals surface area contributed by atoms with Crippen molar-refractivity contribution in [3.63, 3.8) is 0 Å². The largest absolute Gasteiger partial charge is 0.336 e. The van der Waals surface area contributed by atoms with Gasteiger partial charge in [0.05, 0.1) is 5.52 Å². The van der Waals surface area contributed by atoms with E-state index in [1.54, 1.807) is 24.3 Å². The summed E-state index contributed by atoms with van der Waals surface area (Å²) in [5, 5.41) is 1.08. The highest BCUT2D eigenvalue weighted by molar-refractivity contribution is 5.95. The molecule has 0 N–H and O–H groups in total. The average Bonchev–Trinajstić information content (AvgIpc) is 2.55. The Bertz CT molecular complexity index is 815. The van der Waals surface area contributed by atoms with Gasteiger partial charge in [-0.3, -0.25) is 9.78 Å². The summed E-state index contributed by atoms with van der Waals surface area (Å²) in [5.74, 6) is -0.0781. The first-order valence-electron chi connectivity index (χ1n) is 7.16. The zero-order valence-electron chi connectivity index (χ0n) is 12.7. The third kappa shape index (κ3) is 2.81. The van der Waals surface area contributed by atoms with Crippen LogP contribution in [-0.4, -0.2) is 27.8 Å². The van der Waals surface area contributed by atoms with Crippen molar-refractivity contribution in [3.05, 3.63) is 71.7 Å². The smallest absolute Gasteiger partial charge is 0.272 e. The summed E-state index contributed by atoms with van der Waals surface area (Å²) < 4.78 is 0. The quantitative estimate of drug-likeness (QED) is 0.744. The molecule has 4 nitrogen and oxygen atoms in total. The zero-order valence-corrected chi connectivity index (χ0v) is 12.7. The maximum Gasteiger partial charge on any atom is 0.272 e. The van der Waals surface area contributed by atoms with Crippen LogP contribution in [-0.2, 0) is 6.54 Å². The van der Waals surface area contributed by atoms with Crippen molar-refractivity contribution in [2.75, 3.05) is 7.05 Å². The summed E-state index contributed by atoms with van der Waals surface area (Å²) in [6, 6.07) is 13.5. The molecule has 3 aromatic rings. The number of aryl methyl sites for hydroxylation is 1. The van der Waals surface area contributed by atoms with E-state index in [1.807, 2.05) is 49.4 Å². The second-order valence-corrected chi connectivity index (χ2v) is 5.36. The first-order chi connectivity index (χ1) is 10.6. The van der Waals surface area contributed by atoms with Gasteiger partial charge in [0.2, 0.25) is 0 Å². The van der Waals surface area contributed by atoms with E-state index in [0.717, 1.165) is 22.0 Å². The van der Waals surface area contributed by atoms with Crippen LogP contribution >= 0.6 is 0 Å². The topological polar surface area (TPSA) is 46.1 Å². The fraction of sp³-hybridized carbons (Fsp3) is 0.167. The number of carbonyl (C=O) groups excluding carboxylic acids is 1. The number of fused-ring (bicyclic) bond motifs is 1. The van der Waals surface area contributed by atoms with E-state index < -0.39 is 0 Å². The number of benzene rings is 1. The van der Waals surface area contributed by atoms with Gasteiger partial charge in [-0.05, 0) is 42.3 Å². The van der Waals surface area contributed by atoms with Gasteiger partial charge >= 0.3 is 0 Å². The molecule has 0 fully saturated rings. The molecule has 0 saturated heterocycles. The highest BCUT2D eigenvalue weighted by Crippen LogP contribution is 2.18. The normalized spacial score (nSPS) is 10.6. The van der Waals surface area contributed by atoms with Gasteiger partial charge in [-0.25, -0.2) is 4.98 Å². The van der Waals surface area contributed by atoms with E-state index in [0.29, 0.717) is 12.2 Å². The summed E-state index contributed by atoms with van der Waals surface area (Å²) in [5.41, 5.74) is 3.44. The van der Waals surface area contributed by atoms with Crippen LogP contribution in [0.15, 0.2) is 54.9 Å². The van der Waals surface area contributed by atoms with Gasteiger partial charge in [0.15, 0.2) is 0 Å². The van der Waals surface area contributed by atoms with Crippen LogP contribution in [0.3, 0.4) is 0 Å². The molecule has 0 aliphatic heterocycles. The summed E-state index contributed by atoms with van der Waals surface area (Å²) in [6.07, 6.45) is 3.46. The Kier molecular flexibility index (Phi) is 3.83. The number of pyridine rings is 2. The Hall–Kier alpha value is -2.75. The molecule has 1 amide bonds. The molecule has 0 aliphatic rings. The Morgan fingerprint density at radius 1 is 1.14 bits per heavy atom. The molecule has 0 bridgehead atoms. The minimum Gasteiger partial charge on any atom is -0.336 e. The van der Waals surface area contributed by atoms with Crippen molar-refractivity contribution in [2.45, 2.75) is 13.5 Å². The molecule has 3 rings (SSSR count). The standard InChI is InChI=1S/C18H17N3O/c1-13-11-17(20-16-6-4-3-5-15(13)16)18(22)21(2)12-14-7-9-19-10-8-14/h3-11H,12H2,1-2H3. The van der Waals surface area contributed by atoms with Gasteiger partial charge in [-0.1, -0.05) is 18.2 Å². The minimum atomic E-state index is -0.0781. The Labute approximate surface area is 129 Å². The molecule has 110 valence electrons. The Morgan fingerprint density at radius 2 is 1.86 bits per heavy atom. The predicted octanol–water partition coefficient (Wildman–Crippen LogP) is 3.21. The Balaban J connectivity index is 1.88. The number of para-hydroxylation sites is 1. The fourth-order valence-corrected chi connectivity index (χ4v) is 2.49. The van der Waals surface area contributed by atoms with Gasteiger partial charge in [0, 0.05) is 31.4 Å². The number of aromatic nitrogens is 2. The number of rotatable bonds is 3. The fourth-order valence-electron chi connectivity index (χ4n) is 2.49. The molecular weight excluding hydrogens is 274 g/mol. The van der Waals surface area contributed by atoms with Gasteiger partial charge in [-0.2, -0.15) is 0 Å². The number of nitrogens with zero attached hydrogens (tertiary/aromatic N) is 3. The van der Waals surface area contributed by atoms with E-state index in [-0.39, 0.29) is 5.91 Å². The van der Waals surface area contributed by atoms with E-state index in [2.05, 4.69) is 9.97 Å². The molecule has 0 aliphatic carbocycles. The van der Waals surface area contributed by atoms with Gasteiger partial charge in [-0.15, -0.1) is 0 Å². The predicted molar refractivity (Wildman–Crippen MR) is 86.5 cm³/mol. The molecule has 2 heterocycles. The number of hydrogen-bond donors (Lipinski definition) is 0. The summed E-state index contributed by atoms with van der Waals surface area (Å²) in [4.78, 5) is 22.7. The summed E-state index contributed by atoms with van der Waals surface area (Å²) in [6.45, 7) is 2.54. The maximum atomic E-state index is 12.6. The molecule has 0 atom stereocenters. The highest BCUT2D eigenvalue weighted by Gasteiger charge is 2.15. The SMILES string of the molecule is Cc1cc(C(=O)N(C)Cc2ccncc2)nc2ccccc12. The highest BCUT2D eigenvalue weighted by atomic mass is 16.2. The second kappa shape index (κ2) is 5.93. The van der Waals surface area contributed by atoms with E-state index >= 15 is 0 Å². The van der Waals surface area contributed by atoms with Crippen LogP contribution in [0.5, 0.6) is 0 Å². The van der Waals surface area contributed by atoms with Crippen LogP contribution in [0.1, 0.15) is 21.6 Å². The van der Waals surface area contributed by atoms with Gasteiger partial charge in [0.25, 0.3) is 5.91 Å². The molecule has 4 heteroatoms. The van der Waals surface area contributed by atoms with Crippen molar-refractivity contribution in [1.29, 1.82) is 0 Å². The van der Waals surface area contributed by atoms with E-state index in [9.17, 15) is 4.79 Å². The first-order valence-corrected chi connectivity index (χ1v) is 7.16. The van der Waals surface area contributed by atoms with E-state index in [4.69, 9.17) is 0 Å². The van der Waals surface area contributed by atoms with Crippen molar-refractivity contribution in [2.24, 2.45) is 0 Å². The number of amides is 1. The van der Waals surface area contributed by atoms with Crippen LogP contribution in [0.2, 0.25) is 0 Å². The maximum absolute atomic E-state index is 12.6. The van der Waals surface area contributed by atoms with Crippen molar-refractivity contribution >= 4 is 16.8 Å². The van der Waals surface area contributed by atoms with Gasteiger partial charge < -0.3 is 4.90 Å². The monoisotopic (exact) mass is 291 g/mol. The van der Waals surface area contributed by atoms with E-state index in [1.165, 1.54) is 0 Å². The van der Waals surface area contributed by atoms with Crippen molar-refractivity contribution < 1.29 is 4.79 Å². The Morgan fingerprint density at radius 3 is 2.64 bits per heavy atom. The molecule has 0 unspecified atom stereocenters. The number of carbonyl (C=O) groups is 1. The molecular formula is C18H17N3O. The number of hydrogen-bond acceptors (Lipinski definition) is 3. The summed E-state index contributed by atoms with van der Waals surface area (Å²) in [7, 11) is 1.79. The van der Waals surface area contributed by atoms with Crippen LogP contribution in [0, 0.1) is 6.92 Å². The lowest BCUT2D eigenvalue weighted by molar-refractivity contribution is 0.0779. The molecule has 0 radical (unpaired) electrons. The van der Waals surface area contributed by atoms with Crippen LogP contribution < -0.4 is 0 Å². The molecule has 22 heavy (non-hydrogen) atoms. The third-order valence-corrected chi connectivity index (χ3v) is 3.66. The second-order valence-electron chi connectivity index (χ2n) is 5.36. The molecule has 0 saturated carbocycles. The lowest BCUT2D eigenvalue weighted by Gasteiger charge is -2.17. The van der Waals surface area contributed by atoms with Crippen molar-refractivity contribution in [3.8, 4) is 0 Å². The third-order valence-electron chi connectivity index (χ3n) is 3.66. The lowest BCUT2D eigenvalue weighted by atomic mass is 10.1. The van der Waals surface area contributed by atoms with Crippen LogP contribution in [0.25, 0.3) is 10.9 Å². The molecule has 1 aromatic carbocycles. The van der Waals surface area contributed by atoms with Crippen molar-refractivity contribution in [1.82, 2.24) is 14.9 Å². The first kappa shape index (κ1) is 14.2. The molecule has 2 aromatic heterocycles. The zero-order chi connectivity index (χ0) is 15.5. The lowest BCUT2D eigenvalue weighted by Crippen LogP contribution is -2.27. The van der Waals surface area contributed by atoms with Crippen LogP contribution in [0.4, 0.5) is 0 Å². The minimum absolute atomic E-state index is 0.0781. The summed E-state index contributed by atoms with van der Waals surface area (Å²) >= 11 is 0.